The van der Waals surface area contributed by atoms with Crippen LogP contribution in [0.2, 0.25) is 0 Å². The number of carbonyl (C=O) groups excluding carboxylic acids is 2. The number of benzene rings is 4. The molecule has 1 aliphatic carbocycles. The quantitative estimate of drug-likeness (QED) is 0.103. The molecule has 1 aliphatic rings. The van der Waals surface area contributed by atoms with Gasteiger partial charge < -0.3 is 22.1 Å². The Bertz CT molecular complexity index is 2570. The number of nitrogens with two attached hydrogens (primary N) is 2. The largest absolute Gasteiger partial charge is 0.383 e. The molecule has 2 amide bonds. The Morgan fingerprint density at radius 2 is 0.930 bits per heavy atom. The number of fused-ring (bicyclic) bond motifs is 3. The second kappa shape index (κ2) is 16.0. The molecule has 12 nitrogen and oxygen atoms in total. The Hall–Kier alpha value is -7.62. The molecule has 57 heavy (non-hydrogen) atoms. The summed E-state index contributed by atoms with van der Waals surface area (Å²) in [4.78, 5) is 34.4. The average molecular weight is 781 g/mol. The number of hydrogen-bond donors (Lipinski definition) is 4. The second-order valence-corrected chi connectivity index (χ2v) is 14.6. The molecule has 0 radical (unpaired) electrons. The van der Waals surface area contributed by atoms with Crippen LogP contribution in [0.25, 0.3) is 11.1 Å². The Morgan fingerprint density at radius 1 is 0.561 bits per heavy atom. The molecule has 14 heteroatoms. The summed E-state index contributed by atoms with van der Waals surface area (Å²) in [5, 5.41) is 43.8. The molecular formula is C43H28N10O2S2. The molecule has 0 fully saturated rings. The summed E-state index contributed by atoms with van der Waals surface area (Å²) in [7, 11) is 0. The smallest absolute Gasteiger partial charge is 0.234 e. The fourth-order valence-electron chi connectivity index (χ4n) is 6.87. The van der Waals surface area contributed by atoms with Crippen LogP contribution in [0.15, 0.2) is 119 Å². The maximum Gasteiger partial charge on any atom is 0.234 e. The van der Waals surface area contributed by atoms with Gasteiger partial charge in [0, 0.05) is 11.4 Å². The molecule has 0 atom stereocenters. The van der Waals surface area contributed by atoms with Gasteiger partial charge in [-0.25, -0.2) is 9.97 Å². The van der Waals surface area contributed by atoms with Crippen molar-refractivity contribution in [1.82, 2.24) is 9.97 Å². The molecule has 2 heterocycles. The monoisotopic (exact) mass is 780 g/mol. The Labute approximate surface area is 335 Å². The van der Waals surface area contributed by atoms with Gasteiger partial charge in [0.1, 0.15) is 46.0 Å². The summed E-state index contributed by atoms with van der Waals surface area (Å²) in [6.07, 6.45) is 0. The van der Waals surface area contributed by atoms with Crippen LogP contribution in [0.4, 0.5) is 23.0 Å². The van der Waals surface area contributed by atoms with Crippen LogP contribution in [-0.4, -0.2) is 33.3 Å². The number of carbonyl (C=O) groups is 2. The van der Waals surface area contributed by atoms with Crippen LogP contribution in [0, 0.1) is 45.3 Å². The summed E-state index contributed by atoms with van der Waals surface area (Å²) in [6.45, 7) is 0. The van der Waals surface area contributed by atoms with Crippen molar-refractivity contribution in [3.8, 4) is 35.4 Å². The van der Waals surface area contributed by atoms with Gasteiger partial charge >= 0.3 is 0 Å². The maximum atomic E-state index is 13.0. The van der Waals surface area contributed by atoms with Crippen LogP contribution in [0.1, 0.15) is 44.5 Å². The van der Waals surface area contributed by atoms with E-state index in [0.29, 0.717) is 11.4 Å². The van der Waals surface area contributed by atoms with Gasteiger partial charge in [-0.2, -0.15) is 21.0 Å². The van der Waals surface area contributed by atoms with E-state index in [1.54, 1.807) is 0 Å². The summed E-state index contributed by atoms with van der Waals surface area (Å²) in [5.74, 6) is -0.716. The number of nitrogen functional groups attached to an aromatic ring is 2. The highest BCUT2D eigenvalue weighted by atomic mass is 32.2. The van der Waals surface area contributed by atoms with E-state index in [1.165, 1.54) is 12.1 Å². The molecule has 0 unspecified atom stereocenters. The molecular weight excluding hydrogens is 753 g/mol. The lowest BCUT2D eigenvalue weighted by Crippen LogP contribution is -2.28. The minimum atomic E-state index is -0.742. The van der Waals surface area contributed by atoms with Crippen molar-refractivity contribution in [1.29, 1.82) is 21.0 Å². The fourth-order valence-corrected chi connectivity index (χ4v) is 8.40. The molecule has 0 aliphatic heterocycles. The standard InChI is InChI=1S/C43H28N10O2S2/c44-19-25-17-27(21-46)41(52-39(25)48)56-23-37(54)50-31-13-9-29(10-14-31)43(35-7-3-1-5-33(35)34-6-2-4-8-36(34)43)30-11-15-32(16-12-30)51-38(55)24-57-42-28(22-47)18-26(20-45)40(49)53-42/h1-18H,23-24H2,(H2,48,52)(H2,49,53)(H,50,54)(H,51,55). The minimum absolute atomic E-state index is 0.00596. The normalized spacial score (nSPS) is 11.8. The summed E-state index contributed by atoms with van der Waals surface area (Å²) in [6, 6.07) is 42.4. The maximum absolute atomic E-state index is 13.0. The number of nitriles is 4. The molecule has 0 saturated carbocycles. The van der Waals surface area contributed by atoms with E-state index in [9.17, 15) is 30.6 Å². The third-order valence-electron chi connectivity index (χ3n) is 9.35. The highest BCUT2D eigenvalue weighted by molar-refractivity contribution is 8.00. The van der Waals surface area contributed by atoms with Crippen molar-refractivity contribution in [3.63, 3.8) is 0 Å². The molecule has 274 valence electrons. The molecule has 0 spiro atoms. The number of anilines is 4. The lowest BCUT2D eigenvalue weighted by molar-refractivity contribution is -0.114. The van der Waals surface area contributed by atoms with Gasteiger partial charge in [-0.3, -0.25) is 9.59 Å². The molecule has 0 bridgehead atoms. The van der Waals surface area contributed by atoms with Gasteiger partial charge in [0.15, 0.2) is 0 Å². The highest BCUT2D eigenvalue weighted by Gasteiger charge is 2.45. The number of nitrogens with one attached hydrogen (secondary N) is 2. The van der Waals surface area contributed by atoms with Crippen molar-refractivity contribution >= 4 is 58.3 Å². The van der Waals surface area contributed by atoms with E-state index in [1.807, 2.05) is 97.1 Å². The third kappa shape index (κ3) is 7.18. The zero-order chi connectivity index (χ0) is 40.1. The first-order valence-electron chi connectivity index (χ1n) is 17.2. The van der Waals surface area contributed by atoms with E-state index in [-0.39, 0.29) is 67.3 Å². The van der Waals surface area contributed by atoms with Crippen LogP contribution in [0.3, 0.4) is 0 Å². The van der Waals surface area contributed by atoms with Gasteiger partial charge in [0.05, 0.1) is 39.2 Å². The highest BCUT2D eigenvalue weighted by Crippen LogP contribution is 2.56. The predicted molar refractivity (Wildman–Crippen MR) is 219 cm³/mol. The number of rotatable bonds is 10. The SMILES string of the molecule is N#Cc1cc(C#N)c(SCC(=O)Nc2ccc(C3(c4ccc(NC(=O)CSc5nc(N)c(C#N)cc5C#N)cc4)c4ccccc4-c4ccccc43)cc2)nc1N. The molecule has 2 aromatic heterocycles. The van der Waals surface area contributed by atoms with E-state index in [2.05, 4.69) is 44.9 Å². The van der Waals surface area contributed by atoms with Crippen LogP contribution >= 0.6 is 23.5 Å². The van der Waals surface area contributed by atoms with Gasteiger partial charge in [0.25, 0.3) is 0 Å². The van der Waals surface area contributed by atoms with Crippen molar-refractivity contribution in [2.45, 2.75) is 15.5 Å². The Balaban J connectivity index is 1.14. The van der Waals surface area contributed by atoms with E-state index in [0.717, 1.165) is 56.9 Å². The summed E-state index contributed by atoms with van der Waals surface area (Å²) < 4.78 is 0. The number of hydrogen-bond acceptors (Lipinski definition) is 12. The molecule has 4 aromatic carbocycles. The van der Waals surface area contributed by atoms with Gasteiger partial charge in [-0.1, -0.05) is 96.3 Å². The zero-order valence-corrected chi connectivity index (χ0v) is 31.4. The molecule has 6 aromatic rings. The number of nitrogens with zero attached hydrogens (tertiary/aromatic N) is 6. The van der Waals surface area contributed by atoms with E-state index >= 15 is 0 Å². The van der Waals surface area contributed by atoms with Crippen LogP contribution in [-0.2, 0) is 15.0 Å². The molecule has 6 N–H and O–H groups in total. The Kier molecular flexibility index (Phi) is 10.6. The van der Waals surface area contributed by atoms with Gasteiger partial charge in [0.2, 0.25) is 11.8 Å². The van der Waals surface area contributed by atoms with Crippen molar-refractivity contribution in [3.05, 3.63) is 154 Å². The number of thioether (sulfide) groups is 2. The zero-order valence-electron chi connectivity index (χ0n) is 29.8. The topological polar surface area (TPSA) is 231 Å². The lowest BCUT2D eigenvalue weighted by Gasteiger charge is -2.34. The van der Waals surface area contributed by atoms with Crippen molar-refractivity contribution in [2.75, 3.05) is 33.6 Å². The van der Waals surface area contributed by atoms with Crippen molar-refractivity contribution < 1.29 is 9.59 Å². The number of pyridine rings is 2. The predicted octanol–water partition coefficient (Wildman–Crippen LogP) is 6.95. The fraction of sp³-hybridized carbons (Fsp3) is 0.0698. The van der Waals surface area contributed by atoms with Crippen LogP contribution in [0.5, 0.6) is 0 Å². The van der Waals surface area contributed by atoms with Gasteiger partial charge in [-0.15, -0.1) is 0 Å². The van der Waals surface area contributed by atoms with Crippen molar-refractivity contribution in [2.24, 2.45) is 0 Å². The first-order valence-corrected chi connectivity index (χ1v) is 19.1. The average Bonchev–Trinajstić information content (AvgIpc) is 3.53. The second-order valence-electron chi connectivity index (χ2n) is 12.7. The first kappa shape index (κ1) is 37.7. The minimum Gasteiger partial charge on any atom is -0.383 e. The molecule has 0 saturated heterocycles. The van der Waals surface area contributed by atoms with E-state index in [4.69, 9.17) is 11.5 Å². The lowest BCUT2D eigenvalue weighted by atomic mass is 9.67. The molecule has 7 rings (SSSR count). The van der Waals surface area contributed by atoms with E-state index < -0.39 is 5.41 Å². The summed E-state index contributed by atoms with van der Waals surface area (Å²) >= 11 is 2.11. The number of amides is 2. The first-order chi connectivity index (χ1) is 27.7. The summed E-state index contributed by atoms with van der Waals surface area (Å²) in [5.41, 5.74) is 18.9. The number of aromatic nitrogens is 2. The van der Waals surface area contributed by atoms with Gasteiger partial charge in [-0.05, 0) is 69.8 Å². The third-order valence-corrected chi connectivity index (χ3v) is 11.3. The van der Waals surface area contributed by atoms with Crippen LogP contribution < -0.4 is 22.1 Å². The Morgan fingerprint density at radius 3 is 1.30 bits per heavy atom.